The highest BCUT2D eigenvalue weighted by atomic mass is 19.3. The first-order valence-corrected chi connectivity index (χ1v) is 10.9. The van der Waals surface area contributed by atoms with Gasteiger partial charge in [0, 0.05) is 24.0 Å². The van der Waals surface area contributed by atoms with Crippen molar-refractivity contribution in [2.24, 2.45) is 0 Å². The van der Waals surface area contributed by atoms with Gasteiger partial charge in [0.15, 0.2) is 0 Å². The topological polar surface area (TPSA) is 77.2 Å². The van der Waals surface area contributed by atoms with Crippen LogP contribution in [0.4, 0.5) is 24.8 Å². The van der Waals surface area contributed by atoms with Crippen molar-refractivity contribution in [1.82, 2.24) is 15.0 Å². The molecule has 0 bridgehead atoms. The molecule has 180 valence electrons. The lowest BCUT2D eigenvalue weighted by molar-refractivity contribution is 0.146. The van der Waals surface area contributed by atoms with Crippen LogP contribution in [0.2, 0.25) is 0 Å². The van der Waals surface area contributed by atoms with E-state index < -0.39 is 12.2 Å². The minimum absolute atomic E-state index is 0.0562. The molecule has 0 fully saturated rings. The number of benzene rings is 2. The minimum atomic E-state index is -2.76. The molecule has 0 saturated carbocycles. The Morgan fingerprint density at radius 1 is 0.943 bits per heavy atom. The fraction of sp³-hybridized carbons (Fsp3) is 0.192. The van der Waals surface area contributed by atoms with Crippen LogP contribution < -0.4 is 15.4 Å². The maximum Gasteiger partial charge on any atom is 0.280 e. The van der Waals surface area contributed by atoms with Crippen LogP contribution in [0.15, 0.2) is 66.7 Å². The highest BCUT2D eigenvalue weighted by Crippen LogP contribution is 2.39. The standard InChI is InChI=1S/C26H24F3N5O/c1-16-14-18(15-21(31-16)24(28)29)22-23(17-8-10-19(27)11-9-17)32-26(30)33-25(22)35-13-12-34(2)20-6-4-3-5-7-20/h3-11,14-15,24H,12-13H2,1-2H3,(H2,30,32,33). The molecule has 2 N–H and O–H groups in total. The molecule has 0 saturated heterocycles. The zero-order valence-electron chi connectivity index (χ0n) is 19.3. The molecule has 0 aliphatic heterocycles. The molecule has 2 aromatic carbocycles. The minimum Gasteiger partial charge on any atom is -0.475 e. The molecule has 4 rings (SSSR count). The number of aromatic nitrogens is 3. The second-order valence-corrected chi connectivity index (χ2v) is 7.95. The molecule has 6 nitrogen and oxygen atoms in total. The Hall–Kier alpha value is -4.14. The quantitative estimate of drug-likeness (QED) is 0.350. The summed E-state index contributed by atoms with van der Waals surface area (Å²) in [5.41, 5.74) is 8.67. The van der Waals surface area contributed by atoms with E-state index in [9.17, 15) is 13.2 Å². The number of hydrogen-bond donors (Lipinski definition) is 1. The van der Waals surface area contributed by atoms with Crippen LogP contribution in [0.1, 0.15) is 17.8 Å². The van der Waals surface area contributed by atoms with Gasteiger partial charge in [0.2, 0.25) is 11.8 Å². The van der Waals surface area contributed by atoms with E-state index in [1.54, 1.807) is 13.0 Å². The molecule has 0 spiro atoms. The third-order valence-electron chi connectivity index (χ3n) is 5.36. The van der Waals surface area contributed by atoms with Gasteiger partial charge in [-0.2, -0.15) is 4.98 Å². The Morgan fingerprint density at radius 3 is 2.34 bits per heavy atom. The number of alkyl halides is 2. The SMILES string of the molecule is Cc1cc(-c2c(OCCN(C)c3ccccc3)nc(N)nc2-c2ccc(F)cc2)cc(C(F)F)n1. The van der Waals surface area contributed by atoms with Gasteiger partial charge in [0.05, 0.1) is 17.8 Å². The molecule has 0 unspecified atom stereocenters. The summed E-state index contributed by atoms with van der Waals surface area (Å²) in [6.07, 6.45) is -2.76. The van der Waals surface area contributed by atoms with Crippen molar-refractivity contribution in [3.05, 3.63) is 83.9 Å². The van der Waals surface area contributed by atoms with Gasteiger partial charge in [-0.25, -0.2) is 18.2 Å². The first kappa shape index (κ1) is 24.0. The summed E-state index contributed by atoms with van der Waals surface area (Å²) >= 11 is 0. The van der Waals surface area contributed by atoms with E-state index in [0.29, 0.717) is 34.6 Å². The average molecular weight is 480 g/mol. The van der Waals surface area contributed by atoms with Crippen molar-refractivity contribution < 1.29 is 17.9 Å². The lowest BCUT2D eigenvalue weighted by atomic mass is 9.99. The van der Waals surface area contributed by atoms with Gasteiger partial charge in [-0.3, -0.25) is 4.98 Å². The molecule has 9 heteroatoms. The molecule has 2 heterocycles. The number of para-hydroxylation sites is 1. The molecule has 0 aliphatic carbocycles. The van der Waals surface area contributed by atoms with Crippen LogP contribution in [0.5, 0.6) is 5.88 Å². The van der Waals surface area contributed by atoms with Gasteiger partial charge in [0.25, 0.3) is 6.43 Å². The second kappa shape index (κ2) is 10.4. The average Bonchev–Trinajstić information content (AvgIpc) is 2.84. The van der Waals surface area contributed by atoms with E-state index in [2.05, 4.69) is 15.0 Å². The number of pyridine rings is 1. The summed E-state index contributed by atoms with van der Waals surface area (Å²) < 4.78 is 46.7. The lowest BCUT2D eigenvalue weighted by Gasteiger charge is -2.20. The molecule has 0 aliphatic rings. The molecule has 0 atom stereocenters. The number of ether oxygens (including phenoxy) is 1. The predicted octanol–water partition coefficient (Wildman–Crippen LogP) is 5.69. The third-order valence-corrected chi connectivity index (χ3v) is 5.36. The number of likely N-dealkylation sites (N-methyl/N-ethyl adjacent to an activating group) is 1. The van der Waals surface area contributed by atoms with Crippen molar-refractivity contribution in [3.8, 4) is 28.3 Å². The number of hydrogen-bond acceptors (Lipinski definition) is 6. The molecule has 0 amide bonds. The summed E-state index contributed by atoms with van der Waals surface area (Å²) in [6.45, 7) is 2.39. The highest BCUT2D eigenvalue weighted by Gasteiger charge is 2.21. The van der Waals surface area contributed by atoms with E-state index in [0.717, 1.165) is 5.69 Å². The zero-order valence-corrected chi connectivity index (χ0v) is 19.3. The zero-order chi connectivity index (χ0) is 24.9. The molecular weight excluding hydrogens is 455 g/mol. The Bertz CT molecular complexity index is 1300. The summed E-state index contributed by atoms with van der Waals surface area (Å²) in [4.78, 5) is 14.6. The Morgan fingerprint density at radius 2 is 1.66 bits per heavy atom. The van der Waals surface area contributed by atoms with Crippen molar-refractivity contribution in [3.63, 3.8) is 0 Å². The van der Waals surface area contributed by atoms with Crippen LogP contribution in [-0.4, -0.2) is 35.2 Å². The fourth-order valence-corrected chi connectivity index (χ4v) is 3.68. The summed E-state index contributed by atoms with van der Waals surface area (Å²) in [5.74, 6) is -0.332. The van der Waals surface area contributed by atoms with E-state index in [4.69, 9.17) is 10.5 Å². The van der Waals surface area contributed by atoms with E-state index >= 15 is 0 Å². The molecule has 0 radical (unpaired) electrons. The van der Waals surface area contributed by atoms with E-state index in [-0.39, 0.29) is 24.1 Å². The van der Waals surface area contributed by atoms with Gasteiger partial charge in [-0.1, -0.05) is 18.2 Å². The van der Waals surface area contributed by atoms with Crippen molar-refractivity contribution >= 4 is 11.6 Å². The molecule has 4 aromatic rings. The molecule has 35 heavy (non-hydrogen) atoms. The first-order valence-electron chi connectivity index (χ1n) is 10.9. The van der Waals surface area contributed by atoms with E-state index in [1.165, 1.54) is 30.3 Å². The van der Waals surface area contributed by atoms with Gasteiger partial charge in [-0.15, -0.1) is 0 Å². The Labute approximate surface area is 201 Å². The van der Waals surface area contributed by atoms with Crippen LogP contribution in [0.3, 0.4) is 0 Å². The van der Waals surface area contributed by atoms with Crippen molar-refractivity contribution in [2.45, 2.75) is 13.3 Å². The number of nitrogen functional groups attached to an aromatic ring is 1. The first-order chi connectivity index (χ1) is 16.8. The molecule has 2 aromatic heterocycles. The monoisotopic (exact) mass is 479 g/mol. The highest BCUT2D eigenvalue weighted by molar-refractivity contribution is 5.85. The fourth-order valence-electron chi connectivity index (χ4n) is 3.68. The predicted molar refractivity (Wildman–Crippen MR) is 130 cm³/mol. The normalized spacial score (nSPS) is 11.0. The summed E-state index contributed by atoms with van der Waals surface area (Å²) in [6, 6.07) is 18.4. The van der Waals surface area contributed by atoms with E-state index in [1.807, 2.05) is 42.3 Å². The number of nitrogens with two attached hydrogens (primary N) is 1. The van der Waals surface area contributed by atoms with Crippen molar-refractivity contribution in [2.75, 3.05) is 30.8 Å². The smallest absolute Gasteiger partial charge is 0.280 e. The summed E-state index contributed by atoms with van der Waals surface area (Å²) in [7, 11) is 1.93. The lowest BCUT2D eigenvalue weighted by Crippen LogP contribution is -2.24. The maximum atomic E-state index is 13.6. The number of anilines is 2. The summed E-state index contributed by atoms with van der Waals surface area (Å²) in [5, 5.41) is 0. The Balaban J connectivity index is 1.76. The van der Waals surface area contributed by atoms with Crippen molar-refractivity contribution in [1.29, 1.82) is 0 Å². The third kappa shape index (κ3) is 5.68. The van der Waals surface area contributed by atoms with Gasteiger partial charge >= 0.3 is 0 Å². The van der Waals surface area contributed by atoms with Gasteiger partial charge in [0.1, 0.15) is 18.1 Å². The maximum absolute atomic E-state index is 13.6. The number of halogens is 3. The van der Waals surface area contributed by atoms with Crippen LogP contribution in [-0.2, 0) is 0 Å². The van der Waals surface area contributed by atoms with Crippen LogP contribution >= 0.6 is 0 Å². The number of aryl methyl sites for hydroxylation is 1. The number of nitrogens with zero attached hydrogens (tertiary/aromatic N) is 4. The van der Waals surface area contributed by atoms with Gasteiger partial charge in [-0.05, 0) is 61.0 Å². The largest absolute Gasteiger partial charge is 0.475 e. The second-order valence-electron chi connectivity index (χ2n) is 7.95. The van der Waals surface area contributed by atoms with Gasteiger partial charge < -0.3 is 15.4 Å². The molecular formula is C26H24F3N5O. The number of rotatable bonds is 8. The Kier molecular flexibility index (Phi) is 7.14. The van der Waals surface area contributed by atoms with Crippen LogP contribution in [0, 0.1) is 12.7 Å². The van der Waals surface area contributed by atoms with Crippen LogP contribution in [0.25, 0.3) is 22.4 Å².